The standard InChI is InChI=1S/C25H32N2O4S/c28-23(20-31-25-12-6-10-22-9-4-5-11-24(22)25)19-26-14-16-27(17-15-26)32(29,30)18-13-21-7-2-1-3-8-21/h1-5,7-9,11,13,18,23,25,28H,6,10,12,14-17,19-20H2/b18-13+. The molecule has 6 nitrogen and oxygen atoms in total. The van der Waals surface area contributed by atoms with Crippen LogP contribution in [0, 0.1) is 0 Å². The summed E-state index contributed by atoms with van der Waals surface area (Å²) in [6, 6.07) is 17.8. The minimum atomic E-state index is -3.45. The summed E-state index contributed by atoms with van der Waals surface area (Å²) in [5.74, 6) is 0. The van der Waals surface area contributed by atoms with E-state index in [9.17, 15) is 13.5 Å². The van der Waals surface area contributed by atoms with E-state index < -0.39 is 16.1 Å². The molecule has 1 aliphatic heterocycles. The number of aliphatic hydroxyl groups excluding tert-OH is 1. The molecule has 1 aliphatic carbocycles. The molecule has 0 aromatic heterocycles. The Labute approximate surface area is 191 Å². The number of ether oxygens (including phenoxy) is 1. The van der Waals surface area contributed by atoms with Crippen LogP contribution in [0.25, 0.3) is 6.08 Å². The van der Waals surface area contributed by atoms with E-state index in [0.29, 0.717) is 32.7 Å². The summed E-state index contributed by atoms with van der Waals surface area (Å²) in [4.78, 5) is 2.11. The molecule has 4 rings (SSSR count). The lowest BCUT2D eigenvalue weighted by Gasteiger charge is -2.34. The number of aliphatic hydroxyl groups is 1. The molecular formula is C25H32N2O4S. The van der Waals surface area contributed by atoms with E-state index in [1.165, 1.54) is 20.8 Å². The van der Waals surface area contributed by atoms with E-state index >= 15 is 0 Å². The second-order valence-corrected chi connectivity index (χ2v) is 10.3. The van der Waals surface area contributed by atoms with Crippen molar-refractivity contribution in [2.45, 2.75) is 31.5 Å². The van der Waals surface area contributed by atoms with Crippen molar-refractivity contribution in [2.75, 3.05) is 39.3 Å². The molecule has 2 aromatic rings. The summed E-state index contributed by atoms with van der Waals surface area (Å²) < 4.78 is 32.8. The van der Waals surface area contributed by atoms with Gasteiger partial charge in [-0.2, -0.15) is 4.31 Å². The maximum atomic E-state index is 12.6. The highest BCUT2D eigenvalue weighted by Crippen LogP contribution is 2.32. The second kappa shape index (κ2) is 10.7. The van der Waals surface area contributed by atoms with Crippen LogP contribution in [0.5, 0.6) is 0 Å². The molecule has 0 bridgehead atoms. The van der Waals surface area contributed by atoms with Gasteiger partial charge in [-0.3, -0.25) is 4.90 Å². The molecular weight excluding hydrogens is 424 g/mol. The van der Waals surface area contributed by atoms with Crippen LogP contribution in [0.1, 0.15) is 35.6 Å². The second-order valence-electron chi connectivity index (χ2n) is 8.52. The molecule has 172 valence electrons. The van der Waals surface area contributed by atoms with Crippen molar-refractivity contribution < 1.29 is 18.3 Å². The maximum Gasteiger partial charge on any atom is 0.236 e. The highest BCUT2D eigenvalue weighted by Gasteiger charge is 2.27. The van der Waals surface area contributed by atoms with Gasteiger partial charge in [0.15, 0.2) is 0 Å². The van der Waals surface area contributed by atoms with E-state index in [4.69, 9.17) is 4.74 Å². The zero-order valence-electron chi connectivity index (χ0n) is 18.3. The first-order valence-corrected chi connectivity index (χ1v) is 12.8. The number of aryl methyl sites for hydroxylation is 1. The average Bonchev–Trinajstić information content (AvgIpc) is 2.82. The molecule has 0 saturated carbocycles. The van der Waals surface area contributed by atoms with Gasteiger partial charge in [0.2, 0.25) is 10.0 Å². The summed E-state index contributed by atoms with van der Waals surface area (Å²) in [7, 11) is -3.45. The zero-order valence-corrected chi connectivity index (χ0v) is 19.2. The van der Waals surface area contributed by atoms with Crippen LogP contribution in [0.4, 0.5) is 0 Å². The molecule has 1 heterocycles. The van der Waals surface area contributed by atoms with Crippen LogP contribution in [0.3, 0.4) is 0 Å². The van der Waals surface area contributed by atoms with Crippen molar-refractivity contribution in [1.29, 1.82) is 0 Å². The summed E-state index contributed by atoms with van der Waals surface area (Å²) in [5.41, 5.74) is 3.45. The highest BCUT2D eigenvalue weighted by atomic mass is 32.2. The Hall–Kier alpha value is -2.03. The number of hydrogen-bond acceptors (Lipinski definition) is 5. The summed E-state index contributed by atoms with van der Waals surface area (Å²) in [6.45, 7) is 2.82. The van der Waals surface area contributed by atoms with E-state index in [0.717, 1.165) is 24.8 Å². The van der Waals surface area contributed by atoms with Gasteiger partial charge in [0.05, 0.1) is 18.8 Å². The SMILES string of the molecule is O=S(=O)(/C=C/c1ccccc1)N1CCN(CC(O)COC2CCCc3ccccc32)CC1. The first-order chi connectivity index (χ1) is 15.5. The third-order valence-corrected chi connectivity index (χ3v) is 7.76. The highest BCUT2D eigenvalue weighted by molar-refractivity contribution is 7.92. The van der Waals surface area contributed by atoms with Crippen molar-refractivity contribution in [1.82, 2.24) is 9.21 Å². The van der Waals surface area contributed by atoms with Crippen LogP contribution < -0.4 is 0 Å². The Morgan fingerprint density at radius 1 is 1.03 bits per heavy atom. The number of β-amino-alcohol motifs (C(OH)–C–C–N with tert-alkyl or cyclic N) is 1. The Morgan fingerprint density at radius 2 is 1.75 bits per heavy atom. The van der Waals surface area contributed by atoms with Gasteiger partial charge in [-0.1, -0.05) is 54.6 Å². The van der Waals surface area contributed by atoms with E-state index in [1.807, 2.05) is 36.4 Å². The number of piperazine rings is 1. The molecule has 1 fully saturated rings. The first-order valence-electron chi connectivity index (χ1n) is 11.3. The Balaban J connectivity index is 1.22. The number of sulfonamides is 1. The van der Waals surface area contributed by atoms with E-state index in [2.05, 4.69) is 23.1 Å². The van der Waals surface area contributed by atoms with Gasteiger partial charge in [0.1, 0.15) is 0 Å². The number of fused-ring (bicyclic) bond motifs is 1. The Bertz CT molecular complexity index is 1000. The van der Waals surface area contributed by atoms with E-state index in [1.54, 1.807) is 6.08 Å². The van der Waals surface area contributed by atoms with Gasteiger partial charge in [0, 0.05) is 38.1 Å². The predicted octanol–water partition coefficient (Wildman–Crippen LogP) is 3.06. The van der Waals surface area contributed by atoms with Gasteiger partial charge in [-0.15, -0.1) is 0 Å². The molecule has 7 heteroatoms. The van der Waals surface area contributed by atoms with Crippen LogP contribution in [0.15, 0.2) is 60.0 Å². The lowest BCUT2D eigenvalue weighted by Crippen LogP contribution is -2.50. The lowest BCUT2D eigenvalue weighted by molar-refractivity contribution is -0.0304. The van der Waals surface area contributed by atoms with Crippen molar-refractivity contribution in [2.24, 2.45) is 0 Å². The molecule has 0 spiro atoms. The van der Waals surface area contributed by atoms with Crippen LogP contribution in [-0.4, -0.2) is 68.2 Å². The van der Waals surface area contributed by atoms with Crippen LogP contribution >= 0.6 is 0 Å². The molecule has 0 amide bonds. The average molecular weight is 457 g/mol. The number of rotatable bonds is 8. The topological polar surface area (TPSA) is 70.1 Å². The van der Waals surface area contributed by atoms with Gasteiger partial charge in [-0.25, -0.2) is 8.42 Å². The molecule has 2 aromatic carbocycles. The minimum Gasteiger partial charge on any atom is -0.389 e. The predicted molar refractivity (Wildman–Crippen MR) is 126 cm³/mol. The third-order valence-electron chi connectivity index (χ3n) is 6.20. The maximum absolute atomic E-state index is 12.6. The van der Waals surface area contributed by atoms with Gasteiger partial charge in [-0.05, 0) is 42.0 Å². The fraction of sp³-hybridized carbons (Fsp3) is 0.440. The Kier molecular flexibility index (Phi) is 7.75. The monoisotopic (exact) mass is 456 g/mol. The van der Waals surface area contributed by atoms with Gasteiger partial charge < -0.3 is 9.84 Å². The van der Waals surface area contributed by atoms with E-state index in [-0.39, 0.29) is 12.7 Å². The molecule has 32 heavy (non-hydrogen) atoms. The molecule has 1 N–H and O–H groups in total. The van der Waals surface area contributed by atoms with Gasteiger partial charge >= 0.3 is 0 Å². The van der Waals surface area contributed by atoms with Crippen molar-refractivity contribution >= 4 is 16.1 Å². The lowest BCUT2D eigenvalue weighted by atomic mass is 9.89. The summed E-state index contributed by atoms with van der Waals surface area (Å²) >= 11 is 0. The number of hydrogen-bond donors (Lipinski definition) is 1. The van der Waals surface area contributed by atoms with Crippen molar-refractivity contribution in [3.8, 4) is 0 Å². The Morgan fingerprint density at radius 3 is 2.53 bits per heavy atom. The number of nitrogens with zero attached hydrogens (tertiary/aromatic N) is 2. The summed E-state index contributed by atoms with van der Waals surface area (Å²) in [5, 5.41) is 11.8. The minimum absolute atomic E-state index is 0.0491. The van der Waals surface area contributed by atoms with Crippen molar-refractivity contribution in [3.63, 3.8) is 0 Å². The molecule has 2 atom stereocenters. The van der Waals surface area contributed by atoms with Gasteiger partial charge in [0.25, 0.3) is 0 Å². The molecule has 2 unspecified atom stereocenters. The number of benzene rings is 2. The normalized spacial score (nSPS) is 21.5. The smallest absolute Gasteiger partial charge is 0.236 e. The van der Waals surface area contributed by atoms with Crippen LogP contribution in [0.2, 0.25) is 0 Å². The first kappa shape index (κ1) is 23.1. The zero-order chi connectivity index (χ0) is 22.4. The third kappa shape index (κ3) is 6.05. The fourth-order valence-corrected chi connectivity index (χ4v) is 5.62. The molecule has 1 saturated heterocycles. The van der Waals surface area contributed by atoms with Crippen molar-refractivity contribution in [3.05, 3.63) is 76.7 Å². The molecule has 0 radical (unpaired) electrons. The summed E-state index contributed by atoms with van der Waals surface area (Å²) in [6.07, 6.45) is 4.26. The fourth-order valence-electron chi connectivity index (χ4n) is 4.44. The quantitative estimate of drug-likeness (QED) is 0.661. The molecule has 2 aliphatic rings. The largest absolute Gasteiger partial charge is 0.389 e. The van der Waals surface area contributed by atoms with Crippen LogP contribution in [-0.2, 0) is 21.2 Å².